The summed E-state index contributed by atoms with van der Waals surface area (Å²) in [5.41, 5.74) is 1.16. The summed E-state index contributed by atoms with van der Waals surface area (Å²) in [7, 11) is 1.36. The third-order valence-electron chi connectivity index (χ3n) is 2.15. The summed E-state index contributed by atoms with van der Waals surface area (Å²) in [6, 6.07) is 3.48. The number of hydrogen-bond donors (Lipinski definition) is 1. The highest BCUT2D eigenvalue weighted by Gasteiger charge is 2.10. The number of aryl methyl sites for hydroxylation is 1. The van der Waals surface area contributed by atoms with Crippen molar-refractivity contribution in [1.29, 1.82) is 0 Å². The van der Waals surface area contributed by atoms with Crippen molar-refractivity contribution in [1.82, 2.24) is 4.98 Å². The first-order valence-electron chi connectivity index (χ1n) is 5.09. The van der Waals surface area contributed by atoms with Crippen molar-refractivity contribution in [2.45, 2.75) is 13.3 Å². The molecule has 0 unspecified atom stereocenters. The van der Waals surface area contributed by atoms with Crippen LogP contribution in [0.5, 0.6) is 0 Å². The first-order valence-corrected chi connectivity index (χ1v) is 5.09. The second kappa shape index (κ2) is 5.90. The van der Waals surface area contributed by atoms with Crippen LogP contribution in [-0.4, -0.2) is 24.6 Å². The van der Waals surface area contributed by atoms with Crippen LogP contribution < -0.4 is 5.32 Å². The number of anilines is 1. The van der Waals surface area contributed by atoms with Gasteiger partial charge in [-0.2, -0.15) is 0 Å². The van der Waals surface area contributed by atoms with Gasteiger partial charge in [-0.1, -0.05) is 6.08 Å². The number of carbonyl (C=O) groups is 1. The van der Waals surface area contributed by atoms with Crippen LogP contribution in [0.15, 0.2) is 24.8 Å². The topological polar surface area (TPSA) is 51.2 Å². The van der Waals surface area contributed by atoms with Crippen molar-refractivity contribution in [3.05, 3.63) is 36.0 Å². The van der Waals surface area contributed by atoms with Gasteiger partial charge < -0.3 is 10.1 Å². The van der Waals surface area contributed by atoms with E-state index in [0.29, 0.717) is 11.3 Å². The van der Waals surface area contributed by atoms with E-state index in [4.69, 9.17) is 0 Å². The number of carbonyl (C=O) groups excluding carboxylic acids is 1. The van der Waals surface area contributed by atoms with Crippen LogP contribution >= 0.6 is 0 Å². The standard InChI is InChI=1S/C12H16N2O2/c1-4-5-8-13-11-7-6-10(9(2)14-11)12(15)16-3/h4,6-7H,1,5,8H2,2-3H3,(H,13,14). The van der Waals surface area contributed by atoms with Gasteiger partial charge in [0.25, 0.3) is 0 Å². The Kier molecular flexibility index (Phi) is 4.51. The molecule has 0 spiro atoms. The van der Waals surface area contributed by atoms with Gasteiger partial charge in [0, 0.05) is 6.54 Å². The number of ether oxygens (including phenoxy) is 1. The molecule has 1 N–H and O–H groups in total. The minimum atomic E-state index is -0.359. The summed E-state index contributed by atoms with van der Waals surface area (Å²) in [5.74, 6) is 0.398. The Morgan fingerprint density at radius 3 is 2.94 bits per heavy atom. The van der Waals surface area contributed by atoms with Crippen LogP contribution in [0, 0.1) is 6.92 Å². The fraction of sp³-hybridized carbons (Fsp3) is 0.333. The Hall–Kier alpha value is -1.84. The number of pyridine rings is 1. The molecule has 1 aromatic rings. The number of methoxy groups -OCH3 is 1. The van der Waals surface area contributed by atoms with E-state index in [-0.39, 0.29) is 5.97 Å². The van der Waals surface area contributed by atoms with E-state index in [1.54, 1.807) is 19.1 Å². The van der Waals surface area contributed by atoms with Gasteiger partial charge in [0.15, 0.2) is 0 Å². The smallest absolute Gasteiger partial charge is 0.339 e. The Labute approximate surface area is 95.3 Å². The van der Waals surface area contributed by atoms with E-state index in [1.165, 1.54) is 7.11 Å². The third kappa shape index (κ3) is 3.08. The zero-order chi connectivity index (χ0) is 12.0. The highest BCUT2D eigenvalue weighted by atomic mass is 16.5. The number of esters is 1. The number of hydrogen-bond acceptors (Lipinski definition) is 4. The Balaban J connectivity index is 2.74. The molecule has 1 rings (SSSR count). The molecule has 0 saturated heterocycles. The molecule has 0 aromatic carbocycles. The molecule has 86 valence electrons. The molecule has 0 bridgehead atoms. The summed E-state index contributed by atoms with van der Waals surface area (Å²) in [6.45, 7) is 6.20. The SMILES string of the molecule is C=CCCNc1ccc(C(=O)OC)c(C)n1. The fourth-order valence-corrected chi connectivity index (χ4v) is 1.29. The number of nitrogens with zero attached hydrogens (tertiary/aromatic N) is 1. The maximum absolute atomic E-state index is 11.3. The molecular formula is C12H16N2O2. The molecule has 4 nitrogen and oxygen atoms in total. The summed E-state index contributed by atoms with van der Waals surface area (Å²) in [4.78, 5) is 15.6. The van der Waals surface area contributed by atoms with Crippen LogP contribution in [0.1, 0.15) is 22.5 Å². The van der Waals surface area contributed by atoms with Gasteiger partial charge >= 0.3 is 5.97 Å². The maximum Gasteiger partial charge on any atom is 0.339 e. The lowest BCUT2D eigenvalue weighted by atomic mass is 10.2. The molecule has 4 heteroatoms. The lowest BCUT2D eigenvalue weighted by Gasteiger charge is -2.07. The van der Waals surface area contributed by atoms with Crippen molar-refractivity contribution >= 4 is 11.8 Å². The predicted molar refractivity (Wildman–Crippen MR) is 63.6 cm³/mol. The van der Waals surface area contributed by atoms with Crippen LogP contribution in [0.3, 0.4) is 0 Å². The zero-order valence-electron chi connectivity index (χ0n) is 9.62. The summed E-state index contributed by atoms with van der Waals surface area (Å²) in [6.07, 6.45) is 2.71. The molecule has 0 aliphatic carbocycles. The van der Waals surface area contributed by atoms with Gasteiger partial charge in [-0.25, -0.2) is 9.78 Å². The quantitative estimate of drug-likeness (QED) is 0.469. The number of nitrogens with one attached hydrogen (secondary N) is 1. The molecule has 0 radical (unpaired) electrons. The first-order chi connectivity index (χ1) is 7.69. The molecule has 1 heterocycles. The van der Waals surface area contributed by atoms with Crippen molar-refractivity contribution in [2.24, 2.45) is 0 Å². The lowest BCUT2D eigenvalue weighted by Crippen LogP contribution is -2.08. The molecule has 0 atom stereocenters. The van der Waals surface area contributed by atoms with E-state index in [2.05, 4.69) is 21.6 Å². The van der Waals surface area contributed by atoms with Gasteiger partial charge in [-0.05, 0) is 25.5 Å². The first kappa shape index (κ1) is 12.2. The highest BCUT2D eigenvalue weighted by Crippen LogP contribution is 2.11. The third-order valence-corrected chi connectivity index (χ3v) is 2.15. The van der Waals surface area contributed by atoms with E-state index >= 15 is 0 Å². The minimum absolute atomic E-state index is 0.359. The molecule has 16 heavy (non-hydrogen) atoms. The normalized spacial score (nSPS) is 9.62. The van der Waals surface area contributed by atoms with Crippen LogP contribution in [0.25, 0.3) is 0 Å². The van der Waals surface area contributed by atoms with E-state index in [0.717, 1.165) is 18.8 Å². The average Bonchev–Trinajstić information content (AvgIpc) is 2.29. The van der Waals surface area contributed by atoms with Crippen molar-refractivity contribution < 1.29 is 9.53 Å². The van der Waals surface area contributed by atoms with Crippen molar-refractivity contribution in [3.63, 3.8) is 0 Å². The molecule has 1 aromatic heterocycles. The Morgan fingerprint density at radius 2 is 2.38 bits per heavy atom. The largest absolute Gasteiger partial charge is 0.465 e. The van der Waals surface area contributed by atoms with Gasteiger partial charge in [-0.3, -0.25) is 0 Å². The average molecular weight is 220 g/mol. The van der Waals surface area contributed by atoms with Crippen molar-refractivity contribution in [2.75, 3.05) is 19.0 Å². The second-order valence-corrected chi connectivity index (χ2v) is 3.33. The number of aromatic nitrogens is 1. The fourth-order valence-electron chi connectivity index (χ4n) is 1.29. The molecule has 0 amide bonds. The van der Waals surface area contributed by atoms with Gasteiger partial charge in [-0.15, -0.1) is 6.58 Å². The Morgan fingerprint density at radius 1 is 1.62 bits per heavy atom. The molecule has 0 fully saturated rings. The van der Waals surface area contributed by atoms with E-state index in [1.807, 2.05) is 6.08 Å². The van der Waals surface area contributed by atoms with Crippen molar-refractivity contribution in [3.8, 4) is 0 Å². The maximum atomic E-state index is 11.3. The summed E-state index contributed by atoms with van der Waals surface area (Å²) in [5, 5.41) is 3.14. The summed E-state index contributed by atoms with van der Waals surface area (Å²) >= 11 is 0. The Bertz CT molecular complexity index is 389. The molecular weight excluding hydrogens is 204 g/mol. The molecule has 0 saturated carbocycles. The van der Waals surface area contributed by atoms with Gasteiger partial charge in [0.1, 0.15) is 5.82 Å². The number of rotatable bonds is 5. The summed E-state index contributed by atoms with van der Waals surface area (Å²) < 4.78 is 4.64. The lowest BCUT2D eigenvalue weighted by molar-refractivity contribution is 0.0599. The van der Waals surface area contributed by atoms with Crippen LogP contribution in [-0.2, 0) is 4.74 Å². The second-order valence-electron chi connectivity index (χ2n) is 3.33. The van der Waals surface area contributed by atoms with Crippen LogP contribution in [0.2, 0.25) is 0 Å². The minimum Gasteiger partial charge on any atom is -0.465 e. The molecule has 0 aliphatic rings. The zero-order valence-corrected chi connectivity index (χ0v) is 9.62. The molecule has 0 aliphatic heterocycles. The van der Waals surface area contributed by atoms with Gasteiger partial charge in [0.05, 0.1) is 18.4 Å². The predicted octanol–water partition coefficient (Wildman–Crippen LogP) is 2.16. The van der Waals surface area contributed by atoms with E-state index < -0.39 is 0 Å². The van der Waals surface area contributed by atoms with E-state index in [9.17, 15) is 4.79 Å². The van der Waals surface area contributed by atoms with Crippen LogP contribution in [0.4, 0.5) is 5.82 Å². The van der Waals surface area contributed by atoms with Gasteiger partial charge in [0.2, 0.25) is 0 Å². The highest BCUT2D eigenvalue weighted by molar-refractivity contribution is 5.90. The monoisotopic (exact) mass is 220 g/mol.